The van der Waals surface area contributed by atoms with Crippen LogP contribution in [0, 0.1) is 20.8 Å². The fourth-order valence-electron chi connectivity index (χ4n) is 1.63. The molecule has 0 amide bonds. The zero-order valence-corrected chi connectivity index (χ0v) is 12.1. The predicted molar refractivity (Wildman–Crippen MR) is 72.8 cm³/mol. The Bertz CT molecular complexity index is 649. The highest BCUT2D eigenvalue weighted by molar-refractivity contribution is 7.89. The van der Waals surface area contributed by atoms with Gasteiger partial charge in [-0.05, 0) is 44.0 Å². The van der Waals surface area contributed by atoms with Gasteiger partial charge >= 0.3 is 10.1 Å². The molecule has 0 N–H and O–H groups in total. The quantitative estimate of drug-likeness (QED) is 0.810. The van der Waals surface area contributed by atoms with Crippen molar-refractivity contribution in [2.75, 3.05) is 0 Å². The average molecular weight is 282 g/mol. The summed E-state index contributed by atoms with van der Waals surface area (Å²) in [5, 5.41) is 0. The Morgan fingerprint density at radius 3 is 2.11 bits per heavy atom. The molecule has 0 unspecified atom stereocenters. The molecular formula is C13H14O3S2. The van der Waals surface area contributed by atoms with Gasteiger partial charge in [0.05, 0.1) is 0 Å². The van der Waals surface area contributed by atoms with Crippen LogP contribution in [0.4, 0.5) is 0 Å². The van der Waals surface area contributed by atoms with Crippen LogP contribution in [0.2, 0.25) is 0 Å². The third kappa shape index (κ3) is 2.57. The number of aryl methyl sites for hydroxylation is 3. The minimum atomic E-state index is -3.72. The second kappa shape index (κ2) is 4.74. The molecule has 1 heterocycles. The molecule has 0 saturated carbocycles. The van der Waals surface area contributed by atoms with Crippen molar-refractivity contribution in [3.63, 3.8) is 0 Å². The Kier molecular flexibility index (Phi) is 3.45. The lowest BCUT2D eigenvalue weighted by molar-refractivity contribution is 0.484. The third-order valence-corrected chi connectivity index (χ3v) is 5.24. The molecule has 0 spiro atoms. The van der Waals surface area contributed by atoms with Gasteiger partial charge in [-0.25, -0.2) is 0 Å². The molecule has 0 saturated heterocycles. The van der Waals surface area contributed by atoms with E-state index in [0.717, 1.165) is 16.0 Å². The predicted octanol–water partition coefficient (Wildman–Crippen LogP) is 3.44. The first kappa shape index (κ1) is 13.1. The van der Waals surface area contributed by atoms with E-state index in [4.69, 9.17) is 4.18 Å². The largest absolute Gasteiger partial charge is 0.378 e. The van der Waals surface area contributed by atoms with Crippen molar-refractivity contribution in [2.24, 2.45) is 0 Å². The monoisotopic (exact) mass is 282 g/mol. The molecule has 0 aliphatic rings. The topological polar surface area (TPSA) is 43.4 Å². The van der Waals surface area contributed by atoms with Gasteiger partial charge in [0.15, 0.2) is 4.21 Å². The Hall–Kier alpha value is -1.33. The highest BCUT2D eigenvalue weighted by atomic mass is 32.3. The first-order valence-corrected chi connectivity index (χ1v) is 7.70. The van der Waals surface area contributed by atoms with Crippen LogP contribution >= 0.6 is 11.3 Å². The average Bonchev–Trinajstić information content (AvgIpc) is 2.71. The van der Waals surface area contributed by atoms with Crippen molar-refractivity contribution in [2.45, 2.75) is 25.0 Å². The molecule has 18 heavy (non-hydrogen) atoms. The Balaban J connectivity index is 2.40. The maximum absolute atomic E-state index is 12.1. The lowest BCUT2D eigenvalue weighted by atomic mass is 10.1. The zero-order chi connectivity index (χ0) is 13.3. The highest BCUT2D eigenvalue weighted by Crippen LogP contribution is 2.28. The minimum absolute atomic E-state index is 0.239. The smallest absolute Gasteiger partial charge is 0.348 e. The molecular weight excluding hydrogens is 268 g/mol. The van der Waals surface area contributed by atoms with Crippen LogP contribution in [0.1, 0.15) is 16.0 Å². The standard InChI is InChI=1S/C13H14O3S2/c1-9-5-4-6-10(2)13(9)16-18(14,15)12-8-7-11(3)17-12/h4-8H,1-3H3. The van der Waals surface area contributed by atoms with E-state index >= 15 is 0 Å². The van der Waals surface area contributed by atoms with Crippen LogP contribution < -0.4 is 4.18 Å². The molecule has 2 rings (SSSR count). The summed E-state index contributed by atoms with van der Waals surface area (Å²) < 4.78 is 29.7. The lowest BCUT2D eigenvalue weighted by Gasteiger charge is -2.10. The van der Waals surface area contributed by atoms with Gasteiger partial charge in [-0.1, -0.05) is 18.2 Å². The molecule has 3 nitrogen and oxygen atoms in total. The van der Waals surface area contributed by atoms with E-state index in [2.05, 4.69) is 0 Å². The summed E-state index contributed by atoms with van der Waals surface area (Å²) in [6, 6.07) is 8.88. The number of benzene rings is 1. The van der Waals surface area contributed by atoms with Gasteiger partial charge in [0.25, 0.3) is 0 Å². The fraction of sp³-hybridized carbons (Fsp3) is 0.231. The molecule has 2 aromatic rings. The number of hydrogen-bond donors (Lipinski definition) is 0. The summed E-state index contributed by atoms with van der Waals surface area (Å²) in [5.74, 6) is 0.420. The van der Waals surface area contributed by atoms with Gasteiger partial charge in [-0.3, -0.25) is 0 Å². The number of hydrogen-bond acceptors (Lipinski definition) is 4. The van der Waals surface area contributed by atoms with Crippen LogP contribution in [-0.4, -0.2) is 8.42 Å². The van der Waals surface area contributed by atoms with E-state index in [1.54, 1.807) is 12.1 Å². The highest BCUT2D eigenvalue weighted by Gasteiger charge is 2.20. The third-order valence-electron chi connectivity index (χ3n) is 2.56. The van der Waals surface area contributed by atoms with Crippen LogP contribution in [0.15, 0.2) is 34.5 Å². The first-order valence-electron chi connectivity index (χ1n) is 5.47. The van der Waals surface area contributed by atoms with Gasteiger partial charge < -0.3 is 4.18 Å². The van der Waals surface area contributed by atoms with Crippen LogP contribution in [0.3, 0.4) is 0 Å². The summed E-state index contributed by atoms with van der Waals surface area (Å²) in [6.07, 6.45) is 0. The minimum Gasteiger partial charge on any atom is -0.378 e. The summed E-state index contributed by atoms with van der Waals surface area (Å²) >= 11 is 1.21. The first-order chi connectivity index (χ1) is 8.40. The molecule has 0 atom stereocenters. The maximum Gasteiger partial charge on any atom is 0.348 e. The van der Waals surface area contributed by atoms with Crippen LogP contribution in [0.25, 0.3) is 0 Å². The molecule has 1 aromatic carbocycles. The van der Waals surface area contributed by atoms with E-state index in [1.807, 2.05) is 39.0 Å². The summed E-state index contributed by atoms with van der Waals surface area (Å²) in [4.78, 5) is 0.943. The number of thiophene rings is 1. The van der Waals surface area contributed by atoms with Crippen LogP contribution in [0.5, 0.6) is 5.75 Å². The molecule has 0 aliphatic heterocycles. The number of rotatable bonds is 3. The van der Waals surface area contributed by atoms with Gasteiger partial charge in [-0.2, -0.15) is 8.42 Å². The Morgan fingerprint density at radius 1 is 1.00 bits per heavy atom. The molecule has 0 fully saturated rings. The fourth-order valence-corrected chi connectivity index (χ4v) is 3.92. The van der Waals surface area contributed by atoms with E-state index in [-0.39, 0.29) is 4.21 Å². The summed E-state index contributed by atoms with van der Waals surface area (Å²) in [7, 11) is -3.72. The molecule has 0 aliphatic carbocycles. The Morgan fingerprint density at radius 2 is 1.61 bits per heavy atom. The van der Waals surface area contributed by atoms with E-state index in [0.29, 0.717) is 5.75 Å². The van der Waals surface area contributed by atoms with Crippen molar-refractivity contribution in [3.05, 3.63) is 46.3 Å². The summed E-state index contributed by atoms with van der Waals surface area (Å²) in [6.45, 7) is 5.53. The number of para-hydroxylation sites is 1. The van der Waals surface area contributed by atoms with Crippen molar-refractivity contribution in [1.82, 2.24) is 0 Å². The van der Waals surface area contributed by atoms with E-state index in [1.165, 1.54) is 11.3 Å². The molecule has 5 heteroatoms. The maximum atomic E-state index is 12.1. The van der Waals surface area contributed by atoms with Crippen molar-refractivity contribution >= 4 is 21.5 Å². The van der Waals surface area contributed by atoms with Crippen molar-refractivity contribution in [3.8, 4) is 5.75 Å². The van der Waals surface area contributed by atoms with Gasteiger partial charge in [0.2, 0.25) is 0 Å². The SMILES string of the molecule is Cc1ccc(S(=O)(=O)Oc2c(C)cccc2C)s1. The zero-order valence-electron chi connectivity index (χ0n) is 10.4. The van der Waals surface area contributed by atoms with Crippen molar-refractivity contribution < 1.29 is 12.6 Å². The van der Waals surface area contributed by atoms with Crippen LogP contribution in [-0.2, 0) is 10.1 Å². The van der Waals surface area contributed by atoms with Gasteiger partial charge in [0.1, 0.15) is 5.75 Å². The van der Waals surface area contributed by atoms with E-state index in [9.17, 15) is 8.42 Å². The molecule has 1 aromatic heterocycles. The second-order valence-corrected chi connectivity index (χ2v) is 7.18. The second-order valence-electron chi connectivity index (χ2n) is 4.12. The van der Waals surface area contributed by atoms with Gasteiger partial charge in [-0.15, -0.1) is 11.3 Å². The van der Waals surface area contributed by atoms with Crippen molar-refractivity contribution in [1.29, 1.82) is 0 Å². The molecule has 96 valence electrons. The van der Waals surface area contributed by atoms with Gasteiger partial charge in [0, 0.05) is 4.88 Å². The van der Waals surface area contributed by atoms with E-state index < -0.39 is 10.1 Å². The normalized spacial score (nSPS) is 11.5. The summed E-state index contributed by atoms with van der Waals surface area (Å²) in [5.41, 5.74) is 1.62. The molecule has 0 bridgehead atoms. The Labute approximate surface area is 111 Å². The lowest BCUT2D eigenvalue weighted by Crippen LogP contribution is -2.09. The molecule has 0 radical (unpaired) electrons.